The molecule has 6 nitrogen and oxygen atoms in total. The largest absolute Gasteiger partial charge is 0.495 e. The van der Waals surface area contributed by atoms with E-state index in [1.807, 2.05) is 18.5 Å². The summed E-state index contributed by atoms with van der Waals surface area (Å²) in [5, 5.41) is 11.1. The van der Waals surface area contributed by atoms with Gasteiger partial charge in [0, 0.05) is 18.1 Å². The Morgan fingerprint density at radius 3 is 2.71 bits per heavy atom. The number of aromatic nitrogens is 2. The summed E-state index contributed by atoms with van der Waals surface area (Å²) in [6.45, 7) is 4.98. The molecule has 24 heavy (non-hydrogen) atoms. The van der Waals surface area contributed by atoms with Gasteiger partial charge < -0.3 is 15.4 Å². The van der Waals surface area contributed by atoms with Gasteiger partial charge in [-0.1, -0.05) is 23.2 Å². The second-order valence-corrected chi connectivity index (χ2v) is 6.10. The normalized spacial score (nSPS) is 10.5. The number of hydrogen-bond donors (Lipinski definition) is 2. The number of nitrogens with one attached hydrogen (secondary N) is 2. The van der Waals surface area contributed by atoms with Gasteiger partial charge in [0.1, 0.15) is 5.75 Å². The van der Waals surface area contributed by atoms with Crippen molar-refractivity contribution in [2.45, 2.75) is 26.8 Å². The number of carbonyl (C=O) groups is 1. The predicted molar refractivity (Wildman–Crippen MR) is 96.4 cm³/mol. The fourth-order valence-electron chi connectivity index (χ4n) is 2.27. The number of anilines is 1. The molecule has 0 atom stereocenters. The number of benzene rings is 1. The summed E-state index contributed by atoms with van der Waals surface area (Å²) in [7, 11) is 1.53. The van der Waals surface area contributed by atoms with E-state index in [0.29, 0.717) is 34.6 Å². The first-order valence-corrected chi connectivity index (χ1v) is 8.26. The van der Waals surface area contributed by atoms with E-state index in [1.165, 1.54) is 7.11 Å². The van der Waals surface area contributed by atoms with Crippen molar-refractivity contribution in [3.8, 4) is 5.75 Å². The lowest BCUT2D eigenvalue weighted by molar-refractivity contribution is 0.251. The van der Waals surface area contributed by atoms with E-state index in [1.54, 1.807) is 18.2 Å². The zero-order valence-corrected chi connectivity index (χ0v) is 15.3. The molecule has 130 valence electrons. The summed E-state index contributed by atoms with van der Waals surface area (Å²) in [5.74, 6) is 0.548. The third-order valence-electron chi connectivity index (χ3n) is 3.54. The minimum atomic E-state index is -0.318. The number of methoxy groups -OCH3 is 1. The van der Waals surface area contributed by atoms with Crippen molar-refractivity contribution < 1.29 is 9.53 Å². The fraction of sp³-hybridized carbons (Fsp3) is 0.375. The maximum absolute atomic E-state index is 12.0. The van der Waals surface area contributed by atoms with Crippen LogP contribution in [-0.4, -0.2) is 29.5 Å². The molecule has 0 aliphatic carbocycles. The van der Waals surface area contributed by atoms with Crippen molar-refractivity contribution in [3.63, 3.8) is 0 Å². The van der Waals surface area contributed by atoms with Crippen molar-refractivity contribution in [1.29, 1.82) is 0 Å². The Bertz CT molecular complexity index is 731. The van der Waals surface area contributed by atoms with Crippen LogP contribution in [0.5, 0.6) is 5.75 Å². The van der Waals surface area contributed by atoms with Crippen LogP contribution in [0, 0.1) is 13.8 Å². The van der Waals surface area contributed by atoms with Crippen LogP contribution in [0.25, 0.3) is 0 Å². The van der Waals surface area contributed by atoms with Crippen molar-refractivity contribution in [2.24, 2.45) is 0 Å². The lowest BCUT2D eigenvalue weighted by Gasteiger charge is -2.11. The number of nitrogens with zero attached hydrogens (tertiary/aromatic N) is 2. The molecule has 0 aliphatic heterocycles. The summed E-state index contributed by atoms with van der Waals surface area (Å²) in [4.78, 5) is 12.0. The average Bonchev–Trinajstić information content (AvgIpc) is 2.79. The van der Waals surface area contributed by atoms with Gasteiger partial charge in [0.15, 0.2) is 0 Å². The standard InChI is InChI=1S/C16H20Cl2N4O2/c1-10-15(18)11(2)22(21-10)8-4-7-19-16(23)20-13-9-12(17)5-6-14(13)24-3/h5-6,9H,4,7-8H2,1-3H3,(H2,19,20,23). The first-order valence-electron chi connectivity index (χ1n) is 7.50. The lowest BCUT2D eigenvalue weighted by atomic mass is 10.3. The Hall–Kier alpha value is -1.92. The van der Waals surface area contributed by atoms with Gasteiger partial charge in [-0.05, 0) is 38.5 Å². The van der Waals surface area contributed by atoms with Gasteiger partial charge in [-0.15, -0.1) is 0 Å². The molecule has 0 radical (unpaired) electrons. The van der Waals surface area contributed by atoms with Gasteiger partial charge in [-0.3, -0.25) is 4.68 Å². The van der Waals surface area contributed by atoms with Gasteiger partial charge in [-0.25, -0.2) is 4.79 Å². The van der Waals surface area contributed by atoms with E-state index in [-0.39, 0.29) is 6.03 Å². The Balaban J connectivity index is 1.81. The molecule has 0 fully saturated rings. The summed E-state index contributed by atoms with van der Waals surface area (Å²) in [5.41, 5.74) is 2.27. The summed E-state index contributed by atoms with van der Waals surface area (Å²) < 4.78 is 7.03. The molecule has 2 amide bonds. The van der Waals surface area contributed by atoms with Gasteiger partial charge in [0.2, 0.25) is 0 Å². The number of halogens is 2. The van der Waals surface area contributed by atoms with Crippen molar-refractivity contribution >= 4 is 34.9 Å². The molecule has 0 spiro atoms. The monoisotopic (exact) mass is 370 g/mol. The Morgan fingerprint density at radius 2 is 2.08 bits per heavy atom. The van der Waals surface area contributed by atoms with Gasteiger partial charge in [0.05, 0.1) is 29.2 Å². The molecule has 2 rings (SSSR count). The highest BCUT2D eigenvalue weighted by molar-refractivity contribution is 6.31. The summed E-state index contributed by atoms with van der Waals surface area (Å²) in [6, 6.07) is 4.72. The first kappa shape index (κ1) is 18.4. The molecular weight excluding hydrogens is 351 g/mol. The quantitative estimate of drug-likeness (QED) is 0.754. The average molecular weight is 371 g/mol. The molecule has 1 aromatic heterocycles. The zero-order valence-electron chi connectivity index (χ0n) is 13.8. The van der Waals surface area contributed by atoms with E-state index in [0.717, 1.165) is 17.8 Å². The van der Waals surface area contributed by atoms with Gasteiger partial charge in [-0.2, -0.15) is 5.10 Å². The number of rotatable bonds is 6. The van der Waals surface area contributed by atoms with Gasteiger partial charge in [0.25, 0.3) is 0 Å². The molecule has 0 unspecified atom stereocenters. The maximum Gasteiger partial charge on any atom is 0.319 e. The fourth-order valence-corrected chi connectivity index (χ4v) is 2.58. The molecule has 0 aliphatic rings. The van der Waals surface area contributed by atoms with Crippen molar-refractivity contribution in [2.75, 3.05) is 19.0 Å². The van der Waals surface area contributed by atoms with E-state index in [9.17, 15) is 4.79 Å². The van der Waals surface area contributed by atoms with E-state index in [2.05, 4.69) is 15.7 Å². The van der Waals surface area contributed by atoms with E-state index < -0.39 is 0 Å². The van der Waals surface area contributed by atoms with Crippen LogP contribution < -0.4 is 15.4 Å². The molecule has 1 aromatic carbocycles. The summed E-state index contributed by atoms with van der Waals surface area (Å²) in [6.07, 6.45) is 0.735. The zero-order chi connectivity index (χ0) is 17.7. The number of ether oxygens (including phenoxy) is 1. The van der Waals surface area contributed by atoms with Crippen LogP contribution in [-0.2, 0) is 6.54 Å². The molecule has 2 N–H and O–H groups in total. The maximum atomic E-state index is 12.0. The highest BCUT2D eigenvalue weighted by Gasteiger charge is 2.10. The third-order valence-corrected chi connectivity index (χ3v) is 4.32. The SMILES string of the molecule is COc1ccc(Cl)cc1NC(=O)NCCCn1nc(C)c(Cl)c1C. The van der Waals surface area contributed by atoms with Crippen LogP contribution in [0.2, 0.25) is 10.0 Å². The summed E-state index contributed by atoms with van der Waals surface area (Å²) >= 11 is 12.0. The van der Waals surface area contributed by atoms with Crippen LogP contribution >= 0.6 is 23.2 Å². The van der Waals surface area contributed by atoms with Crippen LogP contribution in [0.1, 0.15) is 17.8 Å². The Kier molecular flexibility index (Phi) is 6.34. The first-order chi connectivity index (χ1) is 11.4. The number of aryl methyl sites for hydroxylation is 2. The topological polar surface area (TPSA) is 68.2 Å². The van der Waals surface area contributed by atoms with Crippen molar-refractivity contribution in [3.05, 3.63) is 39.6 Å². The third kappa shape index (κ3) is 4.55. The van der Waals surface area contributed by atoms with Crippen LogP contribution in [0.3, 0.4) is 0 Å². The number of hydrogen-bond acceptors (Lipinski definition) is 3. The number of amides is 2. The smallest absolute Gasteiger partial charge is 0.319 e. The molecule has 0 saturated heterocycles. The van der Waals surface area contributed by atoms with Gasteiger partial charge >= 0.3 is 6.03 Å². The highest BCUT2D eigenvalue weighted by Crippen LogP contribution is 2.27. The van der Waals surface area contributed by atoms with Crippen LogP contribution in [0.15, 0.2) is 18.2 Å². The molecule has 0 saturated carbocycles. The molecule has 8 heteroatoms. The van der Waals surface area contributed by atoms with Crippen molar-refractivity contribution in [1.82, 2.24) is 15.1 Å². The number of urea groups is 1. The highest BCUT2D eigenvalue weighted by atomic mass is 35.5. The lowest BCUT2D eigenvalue weighted by Crippen LogP contribution is -2.30. The Morgan fingerprint density at radius 1 is 1.33 bits per heavy atom. The molecular formula is C16H20Cl2N4O2. The Labute approximate surface area is 151 Å². The number of carbonyl (C=O) groups excluding carboxylic acids is 1. The van der Waals surface area contributed by atoms with Crippen LogP contribution in [0.4, 0.5) is 10.5 Å². The van der Waals surface area contributed by atoms with E-state index >= 15 is 0 Å². The molecule has 0 bridgehead atoms. The van der Waals surface area contributed by atoms with E-state index in [4.69, 9.17) is 27.9 Å². The second-order valence-electron chi connectivity index (χ2n) is 5.29. The molecule has 1 heterocycles. The predicted octanol–water partition coefficient (Wildman–Crippen LogP) is 4.03. The minimum absolute atomic E-state index is 0.318. The molecule has 2 aromatic rings. The minimum Gasteiger partial charge on any atom is -0.495 e. The second kappa shape index (κ2) is 8.26.